The van der Waals surface area contributed by atoms with Crippen molar-refractivity contribution in [2.24, 2.45) is 71.0 Å². The van der Waals surface area contributed by atoms with Crippen LogP contribution in [0.5, 0.6) is 0 Å². The number of carbonyl (C=O) groups excluding carboxylic acids is 3. The van der Waals surface area contributed by atoms with E-state index in [1.54, 1.807) is 0 Å². The average molecular weight is 563 g/mol. The number of rotatable bonds is 4. The highest BCUT2D eigenvalue weighted by Crippen LogP contribution is 2.62. The van der Waals surface area contributed by atoms with Crippen LogP contribution >= 0.6 is 0 Å². The Kier molecular flexibility index (Phi) is 9.66. The Morgan fingerprint density at radius 1 is 0.850 bits per heavy atom. The Labute approximate surface area is 244 Å². The van der Waals surface area contributed by atoms with Crippen LogP contribution in [0.25, 0.3) is 0 Å². The minimum absolute atomic E-state index is 0. The minimum atomic E-state index is -0.503. The van der Waals surface area contributed by atoms with Gasteiger partial charge in [-0.05, 0) is 118 Å². The number of fused-ring (bicyclic) bond motifs is 2. The zero-order valence-electron chi connectivity index (χ0n) is 22.0. The number of esters is 3. The van der Waals surface area contributed by atoms with Crippen LogP contribution in [0.1, 0.15) is 108 Å². The van der Waals surface area contributed by atoms with Gasteiger partial charge in [0.2, 0.25) is 0 Å². The van der Waals surface area contributed by atoms with Crippen molar-refractivity contribution in [2.45, 2.75) is 120 Å². The highest BCUT2D eigenvalue weighted by Gasteiger charge is 2.64. The van der Waals surface area contributed by atoms with Crippen LogP contribution in [0.4, 0.5) is 0 Å². The van der Waals surface area contributed by atoms with Gasteiger partial charge >= 0.3 is 17.9 Å². The van der Waals surface area contributed by atoms with E-state index < -0.39 is 17.8 Å². The molecule has 6 aliphatic carbocycles. The molecule has 6 saturated carbocycles. The maximum absolute atomic E-state index is 13.7. The molecular weight excluding hydrogens is 504 g/mol. The lowest BCUT2D eigenvalue weighted by molar-refractivity contribution is -0.209. The largest absolute Gasteiger partial charge is 0.459 e. The van der Waals surface area contributed by atoms with Crippen molar-refractivity contribution in [3.63, 3.8) is 0 Å². The maximum atomic E-state index is 13.7. The zero-order valence-corrected chi connectivity index (χ0v) is 22.0. The van der Waals surface area contributed by atoms with Gasteiger partial charge in [-0.3, -0.25) is 14.4 Å². The zero-order chi connectivity index (χ0) is 24.9. The van der Waals surface area contributed by atoms with Gasteiger partial charge in [0.15, 0.2) is 0 Å². The fraction of sp³-hybridized carbons (Fsp3) is 0.912. The number of carbonyl (C=O) groups is 3. The van der Waals surface area contributed by atoms with Crippen LogP contribution in [0.2, 0.25) is 0 Å². The van der Waals surface area contributed by atoms with Crippen LogP contribution in [-0.2, 0) is 28.6 Å². The summed E-state index contributed by atoms with van der Waals surface area (Å²) in [5.41, 5.74) is -0.295. The first kappa shape index (κ1) is 33.1. The quantitative estimate of drug-likeness (QED) is 0.264. The topological polar surface area (TPSA) is 78.9 Å². The van der Waals surface area contributed by atoms with Crippen LogP contribution < -0.4 is 0 Å². The lowest BCUT2D eigenvalue weighted by Gasteiger charge is -2.59. The minimum Gasteiger partial charge on any atom is -0.459 e. The Hall–Kier alpha value is -1.43. The molecule has 8 fully saturated rings. The van der Waals surface area contributed by atoms with Gasteiger partial charge in [0.25, 0.3) is 0 Å². The second-order valence-corrected chi connectivity index (χ2v) is 14.1. The number of cyclic esters (lactones) is 2. The molecule has 6 nitrogen and oxygen atoms in total. The van der Waals surface area contributed by atoms with Crippen LogP contribution in [0.15, 0.2) is 0 Å². The van der Waals surface area contributed by atoms with Gasteiger partial charge in [-0.25, -0.2) is 0 Å². The van der Waals surface area contributed by atoms with E-state index in [2.05, 4.69) is 20.8 Å². The predicted molar refractivity (Wildman–Crippen MR) is 157 cm³/mol. The van der Waals surface area contributed by atoms with E-state index in [4.69, 9.17) is 14.2 Å². The van der Waals surface area contributed by atoms with Gasteiger partial charge in [0, 0.05) is 6.61 Å². The fourth-order valence-corrected chi connectivity index (χ4v) is 10.9. The summed E-state index contributed by atoms with van der Waals surface area (Å²) >= 11 is 0. The summed E-state index contributed by atoms with van der Waals surface area (Å²) in [5, 5.41) is 0. The molecule has 0 radical (unpaired) electrons. The lowest BCUT2D eigenvalue weighted by atomic mass is 9.50. The monoisotopic (exact) mass is 562 g/mol. The first-order valence-electron chi connectivity index (χ1n) is 14.8. The summed E-state index contributed by atoms with van der Waals surface area (Å²) in [5.74, 6) is 1.97. The summed E-state index contributed by atoms with van der Waals surface area (Å²) in [6.07, 6.45) is 9.80. The first-order valence-corrected chi connectivity index (χ1v) is 14.8. The first-order chi connectivity index (χ1) is 17.2. The molecule has 2 heterocycles. The van der Waals surface area contributed by atoms with Crippen molar-refractivity contribution in [1.29, 1.82) is 0 Å². The lowest BCUT2D eigenvalue weighted by Crippen LogP contribution is -2.58. The molecule has 0 amide bonds. The molecule has 0 aromatic heterocycles. The van der Waals surface area contributed by atoms with Crippen molar-refractivity contribution >= 4 is 17.9 Å². The third-order valence-electron chi connectivity index (χ3n) is 12.4. The van der Waals surface area contributed by atoms with E-state index in [9.17, 15) is 14.4 Å². The highest BCUT2D eigenvalue weighted by atomic mass is 16.6. The Morgan fingerprint density at radius 3 is 2.02 bits per heavy atom. The van der Waals surface area contributed by atoms with Crippen molar-refractivity contribution < 1.29 is 28.6 Å². The molecule has 8 aliphatic rings. The van der Waals surface area contributed by atoms with Crippen molar-refractivity contribution in [1.82, 2.24) is 0 Å². The summed E-state index contributed by atoms with van der Waals surface area (Å²) in [7, 11) is 0. The van der Waals surface area contributed by atoms with E-state index in [0.29, 0.717) is 18.4 Å². The standard InChI is InChI=1S/C30H42O6.4CH4/c1-14-5-4-6-34-26(14)25-24(28(32)35-29(25)33)23-15(2)21-12-18(23)13-22(21)27(31)36-30(3)19-8-16-7-17(10-19)11-20(30)9-16;;;;/h14-26H,4-13H2,1-3H3;4*1H4. The van der Waals surface area contributed by atoms with Crippen LogP contribution in [-0.4, -0.2) is 36.2 Å². The van der Waals surface area contributed by atoms with Crippen LogP contribution in [0.3, 0.4) is 0 Å². The fourth-order valence-electron chi connectivity index (χ4n) is 10.9. The molecule has 0 N–H and O–H groups in total. The number of ether oxygens (including phenoxy) is 3. The maximum Gasteiger partial charge on any atom is 0.320 e. The van der Waals surface area contributed by atoms with E-state index >= 15 is 0 Å². The normalized spacial score (nSPS) is 49.7. The summed E-state index contributed by atoms with van der Waals surface area (Å²) < 4.78 is 17.8. The molecule has 2 saturated heterocycles. The van der Waals surface area contributed by atoms with Crippen molar-refractivity contribution in [2.75, 3.05) is 6.61 Å². The average Bonchev–Trinajstić information content (AvgIpc) is 3.48. The summed E-state index contributed by atoms with van der Waals surface area (Å²) in [6, 6.07) is 0. The highest BCUT2D eigenvalue weighted by molar-refractivity contribution is 5.97. The molecule has 0 aromatic carbocycles. The third-order valence-corrected chi connectivity index (χ3v) is 12.4. The molecule has 9 unspecified atom stereocenters. The molecule has 6 heteroatoms. The Bertz CT molecular complexity index is 928. The number of hydrogen-bond acceptors (Lipinski definition) is 6. The van der Waals surface area contributed by atoms with Gasteiger partial charge < -0.3 is 14.2 Å². The molecule has 9 atom stereocenters. The van der Waals surface area contributed by atoms with E-state index in [1.807, 2.05) is 0 Å². The molecular formula is C34H58O6. The van der Waals surface area contributed by atoms with Crippen molar-refractivity contribution in [3.05, 3.63) is 0 Å². The molecule has 0 spiro atoms. The van der Waals surface area contributed by atoms with Gasteiger partial charge in [-0.1, -0.05) is 43.6 Å². The molecule has 2 aliphatic heterocycles. The molecule has 0 aromatic rings. The molecule has 6 bridgehead atoms. The molecule has 40 heavy (non-hydrogen) atoms. The Balaban J connectivity index is 0.00000110. The van der Waals surface area contributed by atoms with Gasteiger partial charge in [0.05, 0.1) is 23.9 Å². The summed E-state index contributed by atoms with van der Waals surface area (Å²) in [6.45, 7) is 7.19. The van der Waals surface area contributed by atoms with E-state index in [1.165, 1.54) is 32.1 Å². The smallest absolute Gasteiger partial charge is 0.320 e. The second kappa shape index (κ2) is 11.7. The van der Waals surface area contributed by atoms with Gasteiger partial charge in [0.1, 0.15) is 5.60 Å². The Morgan fingerprint density at radius 2 is 1.45 bits per heavy atom. The second-order valence-electron chi connectivity index (χ2n) is 14.1. The molecule has 230 valence electrons. The van der Waals surface area contributed by atoms with E-state index in [-0.39, 0.29) is 88.9 Å². The third kappa shape index (κ3) is 4.76. The van der Waals surface area contributed by atoms with Crippen LogP contribution in [0, 0.1) is 71.0 Å². The SMILES string of the molecule is C.C.C.C.CC1CCCOC1C1C(=O)OC(=O)C1C1C2CC(C(=O)OC3(C)C4CC5CC(C4)CC3C5)C(C2)C1C. The van der Waals surface area contributed by atoms with E-state index in [0.717, 1.165) is 37.5 Å². The number of hydrogen-bond donors (Lipinski definition) is 0. The predicted octanol–water partition coefficient (Wildman–Crippen LogP) is 7.33. The van der Waals surface area contributed by atoms with Gasteiger partial charge in [-0.2, -0.15) is 0 Å². The van der Waals surface area contributed by atoms with Crippen molar-refractivity contribution in [3.8, 4) is 0 Å². The molecule has 8 rings (SSSR count). The van der Waals surface area contributed by atoms with Gasteiger partial charge in [-0.15, -0.1) is 0 Å². The summed E-state index contributed by atoms with van der Waals surface area (Å²) in [4.78, 5) is 39.6.